The standard InChI is InChI=1S/C20H18BrF3OS.C7H7NO3S/c1-4-13(2)26-19(14(3)15-9-11-16(21)12-10-15)25-18-8-6-5-7-17(18)20(22,23)24;1-2-5(9)6-3-4-7(12-6)8(10)11/h4-12H,1-3H3;3-4H,2H2,1H3/b13-4-,19-14+;. The zero-order chi connectivity index (χ0) is 28.5. The van der Waals surface area contributed by atoms with Crippen molar-refractivity contribution in [2.45, 2.75) is 40.3 Å². The number of allylic oxidation sites excluding steroid dienone is 3. The van der Waals surface area contributed by atoms with Gasteiger partial charge in [-0.2, -0.15) is 13.2 Å². The summed E-state index contributed by atoms with van der Waals surface area (Å²) in [6, 6.07) is 15.6. The molecule has 0 aliphatic heterocycles. The number of benzene rings is 2. The summed E-state index contributed by atoms with van der Waals surface area (Å²) in [5.41, 5.74) is 0.851. The van der Waals surface area contributed by atoms with E-state index in [1.165, 1.54) is 42.1 Å². The zero-order valence-corrected chi connectivity index (χ0v) is 24.2. The molecule has 0 bridgehead atoms. The molecule has 0 saturated carbocycles. The molecule has 202 valence electrons. The molecule has 1 heterocycles. The predicted molar refractivity (Wildman–Crippen MR) is 151 cm³/mol. The van der Waals surface area contributed by atoms with Crippen LogP contribution in [0.2, 0.25) is 0 Å². The lowest BCUT2D eigenvalue weighted by Gasteiger charge is -2.17. The fourth-order valence-electron chi connectivity index (χ4n) is 2.84. The van der Waals surface area contributed by atoms with E-state index < -0.39 is 16.7 Å². The Morgan fingerprint density at radius 3 is 2.26 bits per heavy atom. The average molecular weight is 629 g/mol. The van der Waals surface area contributed by atoms with E-state index in [4.69, 9.17) is 4.74 Å². The summed E-state index contributed by atoms with van der Waals surface area (Å²) in [7, 11) is 0. The maximum atomic E-state index is 13.3. The van der Waals surface area contributed by atoms with E-state index in [1.54, 1.807) is 6.92 Å². The van der Waals surface area contributed by atoms with Crippen LogP contribution < -0.4 is 4.74 Å². The first kappa shape index (κ1) is 31.3. The number of rotatable bonds is 8. The van der Waals surface area contributed by atoms with Gasteiger partial charge in [-0.15, -0.1) is 0 Å². The van der Waals surface area contributed by atoms with Crippen LogP contribution >= 0.6 is 39.0 Å². The molecule has 5 nitrogen and oxygen atoms in total. The fourth-order valence-corrected chi connectivity index (χ4v) is 4.74. The Kier molecular flexibility index (Phi) is 11.8. The second-order valence-corrected chi connectivity index (χ2v) is 10.9. The Balaban J connectivity index is 0.000000352. The van der Waals surface area contributed by atoms with Crippen molar-refractivity contribution in [1.82, 2.24) is 0 Å². The van der Waals surface area contributed by atoms with E-state index in [0.717, 1.165) is 37.9 Å². The first-order valence-electron chi connectivity index (χ1n) is 11.3. The van der Waals surface area contributed by atoms with E-state index in [-0.39, 0.29) is 16.5 Å². The number of para-hydroxylation sites is 1. The molecule has 0 unspecified atom stereocenters. The van der Waals surface area contributed by atoms with Gasteiger partial charge in [-0.3, -0.25) is 14.9 Å². The summed E-state index contributed by atoms with van der Waals surface area (Å²) in [5.74, 6) is -0.254. The number of nitrogens with zero attached hydrogens (tertiary/aromatic N) is 1. The second-order valence-electron chi connectivity index (χ2n) is 7.69. The third kappa shape index (κ3) is 9.14. The van der Waals surface area contributed by atoms with Crippen LogP contribution in [0.3, 0.4) is 0 Å². The predicted octanol–water partition coefficient (Wildman–Crippen LogP) is 10.1. The smallest absolute Gasteiger partial charge is 0.419 e. The number of ether oxygens (including phenoxy) is 1. The fraction of sp³-hybridized carbons (Fsp3) is 0.222. The van der Waals surface area contributed by atoms with Crippen LogP contribution in [0.4, 0.5) is 18.2 Å². The maximum absolute atomic E-state index is 13.3. The molecule has 2 aromatic carbocycles. The molecule has 0 N–H and O–H groups in total. The van der Waals surface area contributed by atoms with Crippen molar-refractivity contribution < 1.29 is 27.6 Å². The van der Waals surface area contributed by atoms with Crippen molar-refractivity contribution in [2.24, 2.45) is 0 Å². The molecule has 0 radical (unpaired) electrons. The van der Waals surface area contributed by atoms with E-state index >= 15 is 0 Å². The van der Waals surface area contributed by atoms with Crippen LogP contribution in [-0.2, 0) is 6.18 Å². The number of thiophene rings is 1. The largest absolute Gasteiger partial charge is 0.449 e. The molecular weight excluding hydrogens is 603 g/mol. The van der Waals surface area contributed by atoms with Gasteiger partial charge in [0.05, 0.1) is 15.4 Å². The Bertz CT molecular complexity index is 1330. The maximum Gasteiger partial charge on any atom is 0.419 e. The molecule has 0 aliphatic rings. The van der Waals surface area contributed by atoms with Crippen LogP contribution in [0.25, 0.3) is 5.57 Å². The number of ketones is 1. The highest BCUT2D eigenvalue weighted by molar-refractivity contribution is 9.10. The van der Waals surface area contributed by atoms with Crippen molar-refractivity contribution in [3.63, 3.8) is 0 Å². The summed E-state index contributed by atoms with van der Waals surface area (Å²) in [6.45, 7) is 7.33. The zero-order valence-electron chi connectivity index (χ0n) is 21.0. The quantitative estimate of drug-likeness (QED) is 0.107. The molecule has 3 aromatic rings. The lowest BCUT2D eigenvalue weighted by Crippen LogP contribution is -2.08. The van der Waals surface area contributed by atoms with Crippen LogP contribution in [0.1, 0.15) is 54.9 Å². The van der Waals surface area contributed by atoms with Crippen LogP contribution in [0, 0.1) is 10.1 Å². The molecule has 0 aliphatic carbocycles. The first-order valence-corrected chi connectivity index (χ1v) is 13.7. The lowest BCUT2D eigenvalue weighted by molar-refractivity contribution is -0.380. The summed E-state index contributed by atoms with van der Waals surface area (Å²) >= 11 is 5.61. The van der Waals surface area contributed by atoms with E-state index in [9.17, 15) is 28.1 Å². The van der Waals surface area contributed by atoms with Crippen LogP contribution in [0.15, 0.2) is 81.2 Å². The lowest BCUT2D eigenvalue weighted by atomic mass is 10.1. The third-order valence-corrected chi connectivity index (χ3v) is 7.75. The average Bonchev–Trinajstić information content (AvgIpc) is 3.39. The van der Waals surface area contributed by atoms with Crippen molar-refractivity contribution in [2.75, 3.05) is 0 Å². The number of thioether (sulfide) groups is 1. The number of halogens is 4. The van der Waals surface area contributed by atoms with Crippen molar-refractivity contribution in [3.05, 3.63) is 107 Å². The topological polar surface area (TPSA) is 69.4 Å². The van der Waals surface area contributed by atoms with Crippen molar-refractivity contribution in [1.29, 1.82) is 0 Å². The first-order chi connectivity index (χ1) is 17.9. The molecule has 0 fully saturated rings. The van der Waals surface area contributed by atoms with Crippen molar-refractivity contribution in [3.8, 4) is 5.75 Å². The Hall–Kier alpha value is -2.89. The van der Waals surface area contributed by atoms with Gasteiger partial charge in [-0.25, -0.2) is 0 Å². The van der Waals surface area contributed by atoms with Gasteiger partial charge in [0, 0.05) is 22.5 Å². The molecule has 0 amide bonds. The molecule has 0 spiro atoms. The SMILES string of the molecule is C/C=C(/C)S/C(Oc1ccccc1C(F)(F)F)=C(\C)c1ccc(Br)cc1.CCC(=O)c1ccc([N+](=O)[O-])s1. The van der Waals surface area contributed by atoms with Gasteiger partial charge >= 0.3 is 11.2 Å². The number of hydrogen-bond donors (Lipinski definition) is 0. The van der Waals surface area contributed by atoms with Crippen molar-refractivity contribution >= 4 is 55.4 Å². The highest BCUT2D eigenvalue weighted by Gasteiger charge is 2.34. The summed E-state index contributed by atoms with van der Waals surface area (Å²) in [5, 5.41) is 10.7. The summed E-state index contributed by atoms with van der Waals surface area (Å²) in [4.78, 5) is 22.2. The minimum absolute atomic E-state index is 0.0202. The molecule has 1 aromatic heterocycles. The molecule has 3 rings (SSSR count). The van der Waals surface area contributed by atoms with Gasteiger partial charge < -0.3 is 4.74 Å². The summed E-state index contributed by atoms with van der Waals surface area (Å²) < 4.78 is 46.5. The van der Waals surface area contributed by atoms with Gasteiger partial charge in [0.2, 0.25) is 0 Å². The van der Waals surface area contributed by atoms with Gasteiger partial charge in [0.25, 0.3) is 0 Å². The molecule has 38 heavy (non-hydrogen) atoms. The van der Waals surface area contributed by atoms with Gasteiger partial charge in [0.15, 0.2) is 10.9 Å². The minimum Gasteiger partial charge on any atom is -0.449 e. The molecular formula is C27H25BrF3NO4S2. The minimum atomic E-state index is -4.48. The van der Waals surface area contributed by atoms with Gasteiger partial charge in [-0.1, -0.05) is 76.3 Å². The van der Waals surface area contributed by atoms with Gasteiger partial charge in [0.1, 0.15) is 5.75 Å². The highest BCUT2D eigenvalue weighted by Crippen LogP contribution is 2.40. The number of alkyl halides is 3. The molecule has 11 heteroatoms. The van der Waals surface area contributed by atoms with E-state index in [2.05, 4.69) is 15.9 Å². The van der Waals surface area contributed by atoms with Crippen LogP contribution in [-0.4, -0.2) is 10.7 Å². The van der Waals surface area contributed by atoms with E-state index in [0.29, 0.717) is 16.4 Å². The number of carbonyl (C=O) groups is 1. The number of hydrogen-bond acceptors (Lipinski definition) is 6. The highest BCUT2D eigenvalue weighted by atomic mass is 79.9. The number of carbonyl (C=O) groups excluding carboxylic acids is 1. The summed E-state index contributed by atoms with van der Waals surface area (Å²) in [6.07, 6.45) is -2.20. The normalized spacial score (nSPS) is 12.3. The monoisotopic (exact) mass is 627 g/mol. The Morgan fingerprint density at radius 1 is 1.11 bits per heavy atom. The third-order valence-electron chi connectivity index (χ3n) is 5.01. The second kappa shape index (κ2) is 14.3. The van der Waals surface area contributed by atoms with Crippen LogP contribution in [0.5, 0.6) is 5.75 Å². The Labute approximate surface area is 235 Å². The van der Waals surface area contributed by atoms with E-state index in [1.807, 2.05) is 51.1 Å². The molecule has 0 atom stereocenters. The number of Topliss-reactive ketones (excluding diaryl/α,β-unsaturated/α-hetero) is 1. The Morgan fingerprint density at radius 2 is 1.74 bits per heavy atom. The van der Waals surface area contributed by atoms with Gasteiger partial charge in [-0.05, 0) is 61.6 Å². The number of nitro groups is 1. The molecule has 0 saturated heterocycles.